The van der Waals surface area contributed by atoms with E-state index in [0.29, 0.717) is 6.04 Å². The third-order valence-electron chi connectivity index (χ3n) is 3.29. The van der Waals surface area contributed by atoms with Crippen LogP contribution in [0.3, 0.4) is 0 Å². The topological polar surface area (TPSA) is 24.9 Å². The summed E-state index contributed by atoms with van der Waals surface area (Å²) in [5.41, 5.74) is 1.15. The molecule has 1 aromatic carbocycles. The fourth-order valence-electron chi connectivity index (χ4n) is 2.20. The second-order valence-corrected chi connectivity index (χ2v) is 5.63. The van der Waals surface area contributed by atoms with Crippen molar-refractivity contribution in [3.63, 3.8) is 0 Å². The number of fused-ring (bicyclic) bond motifs is 1. The van der Waals surface area contributed by atoms with Gasteiger partial charge in [-0.3, -0.25) is 0 Å². The largest absolute Gasteiger partial charge is 0.316 e. The second kappa shape index (κ2) is 4.15. The smallest absolute Gasteiger partial charge is 0.0954 e. The van der Waals surface area contributed by atoms with E-state index in [1.807, 2.05) is 11.3 Å². The van der Waals surface area contributed by atoms with Crippen LogP contribution in [0.15, 0.2) is 24.3 Å². The fraction of sp³-hybridized carbons (Fsp3) is 0.462. The number of benzene rings is 1. The van der Waals surface area contributed by atoms with Gasteiger partial charge in [0.2, 0.25) is 0 Å². The molecule has 84 valence electrons. The molecule has 0 spiro atoms. The molecule has 1 fully saturated rings. The second-order valence-electron chi connectivity index (χ2n) is 4.51. The highest BCUT2D eigenvalue weighted by Crippen LogP contribution is 2.34. The molecule has 0 aliphatic heterocycles. The molecule has 1 N–H and O–H groups in total. The summed E-state index contributed by atoms with van der Waals surface area (Å²) in [6.45, 7) is 0. The zero-order chi connectivity index (χ0) is 11.0. The summed E-state index contributed by atoms with van der Waals surface area (Å²) < 4.78 is 1.31. The average molecular weight is 232 g/mol. The van der Waals surface area contributed by atoms with Gasteiger partial charge in [0.1, 0.15) is 0 Å². The molecule has 1 unspecified atom stereocenters. The van der Waals surface area contributed by atoms with E-state index in [9.17, 15) is 0 Å². The monoisotopic (exact) mass is 232 g/mol. The lowest BCUT2D eigenvalue weighted by Crippen LogP contribution is -2.29. The maximum absolute atomic E-state index is 4.69. The van der Waals surface area contributed by atoms with Gasteiger partial charge < -0.3 is 5.32 Å². The Morgan fingerprint density at radius 2 is 2.25 bits per heavy atom. The minimum Gasteiger partial charge on any atom is -0.316 e. The number of hydrogen-bond donors (Lipinski definition) is 1. The highest BCUT2D eigenvalue weighted by atomic mass is 32.1. The first-order chi connectivity index (χ1) is 7.86. The van der Waals surface area contributed by atoms with Gasteiger partial charge in [0.15, 0.2) is 0 Å². The molecule has 2 aromatic rings. The third-order valence-corrected chi connectivity index (χ3v) is 4.35. The van der Waals surface area contributed by atoms with Crippen LogP contribution in [0.5, 0.6) is 0 Å². The lowest BCUT2D eigenvalue weighted by atomic mass is 10.1. The first-order valence-corrected chi connectivity index (χ1v) is 6.70. The van der Waals surface area contributed by atoms with Gasteiger partial charge in [-0.15, -0.1) is 11.3 Å². The Labute approximate surface area is 99.7 Å². The number of thiazole rings is 1. The van der Waals surface area contributed by atoms with Crippen LogP contribution in [0.4, 0.5) is 0 Å². The van der Waals surface area contributed by atoms with Crippen LogP contribution in [0.1, 0.15) is 17.8 Å². The highest BCUT2D eigenvalue weighted by molar-refractivity contribution is 7.18. The predicted octanol–water partition coefficient (Wildman–Crippen LogP) is 2.84. The molecule has 0 radical (unpaired) electrons. The normalized spacial score (nSPS) is 17.8. The molecular formula is C13H16N2S. The Bertz CT molecular complexity index is 454. The van der Waals surface area contributed by atoms with Crippen LogP contribution in [0, 0.1) is 5.92 Å². The number of hydrogen-bond acceptors (Lipinski definition) is 3. The van der Waals surface area contributed by atoms with Crippen molar-refractivity contribution in [1.82, 2.24) is 10.3 Å². The molecule has 1 atom stereocenters. The minimum atomic E-state index is 0.626. The number of nitrogens with zero attached hydrogens (tertiary/aromatic N) is 1. The van der Waals surface area contributed by atoms with E-state index >= 15 is 0 Å². The number of likely N-dealkylation sites (N-methyl/N-ethyl adjacent to an activating group) is 1. The quantitative estimate of drug-likeness (QED) is 0.877. The summed E-state index contributed by atoms with van der Waals surface area (Å²) in [6, 6.07) is 9.02. The van der Waals surface area contributed by atoms with Gasteiger partial charge in [-0.25, -0.2) is 4.98 Å². The number of aromatic nitrogens is 1. The first-order valence-electron chi connectivity index (χ1n) is 5.88. The Hall–Kier alpha value is -0.930. The Morgan fingerprint density at radius 1 is 1.44 bits per heavy atom. The number of nitrogens with one attached hydrogen (secondary N) is 1. The summed E-state index contributed by atoms with van der Waals surface area (Å²) >= 11 is 1.84. The van der Waals surface area contributed by atoms with E-state index in [0.717, 1.165) is 17.9 Å². The summed E-state index contributed by atoms with van der Waals surface area (Å²) in [6.07, 6.45) is 3.85. The first kappa shape index (κ1) is 10.2. The molecule has 3 heteroatoms. The molecule has 1 aliphatic rings. The van der Waals surface area contributed by atoms with Crippen LogP contribution in [-0.2, 0) is 6.42 Å². The standard InChI is InChI=1S/C13H16N2S/c1-14-11(9-6-7-9)8-13-15-10-4-2-3-5-12(10)16-13/h2-5,9,11,14H,6-8H2,1H3. The molecule has 3 rings (SSSR count). The van der Waals surface area contributed by atoms with Gasteiger partial charge in [0, 0.05) is 12.5 Å². The van der Waals surface area contributed by atoms with E-state index in [2.05, 4.69) is 41.6 Å². The summed E-state index contributed by atoms with van der Waals surface area (Å²) in [5, 5.41) is 4.69. The van der Waals surface area contributed by atoms with Crippen molar-refractivity contribution < 1.29 is 0 Å². The van der Waals surface area contributed by atoms with Crippen molar-refractivity contribution in [3.8, 4) is 0 Å². The van der Waals surface area contributed by atoms with Gasteiger partial charge in [0.25, 0.3) is 0 Å². The van der Waals surface area contributed by atoms with Crippen LogP contribution in [-0.4, -0.2) is 18.1 Å². The summed E-state index contributed by atoms with van der Waals surface area (Å²) in [4.78, 5) is 4.69. The van der Waals surface area contributed by atoms with Crippen LogP contribution in [0.2, 0.25) is 0 Å². The lowest BCUT2D eigenvalue weighted by Gasteiger charge is -2.12. The molecule has 16 heavy (non-hydrogen) atoms. The maximum atomic E-state index is 4.69. The van der Waals surface area contributed by atoms with Gasteiger partial charge in [-0.05, 0) is 37.9 Å². The van der Waals surface area contributed by atoms with Crippen molar-refractivity contribution in [2.75, 3.05) is 7.05 Å². The lowest BCUT2D eigenvalue weighted by molar-refractivity contribution is 0.500. The Balaban J connectivity index is 1.82. The van der Waals surface area contributed by atoms with Crippen LogP contribution < -0.4 is 5.32 Å². The molecule has 0 bridgehead atoms. The van der Waals surface area contributed by atoms with Crippen molar-refractivity contribution in [2.45, 2.75) is 25.3 Å². The number of para-hydroxylation sites is 1. The fourth-order valence-corrected chi connectivity index (χ4v) is 3.22. The van der Waals surface area contributed by atoms with E-state index < -0.39 is 0 Å². The van der Waals surface area contributed by atoms with Gasteiger partial charge in [0.05, 0.1) is 15.2 Å². The van der Waals surface area contributed by atoms with Crippen LogP contribution in [0.25, 0.3) is 10.2 Å². The maximum Gasteiger partial charge on any atom is 0.0954 e. The minimum absolute atomic E-state index is 0.626. The zero-order valence-corrected chi connectivity index (χ0v) is 10.3. The zero-order valence-electron chi connectivity index (χ0n) is 9.44. The summed E-state index contributed by atoms with van der Waals surface area (Å²) in [7, 11) is 2.07. The van der Waals surface area contributed by atoms with E-state index in [1.54, 1.807) is 0 Å². The molecule has 1 heterocycles. The molecule has 2 nitrogen and oxygen atoms in total. The Morgan fingerprint density at radius 3 is 2.94 bits per heavy atom. The molecule has 1 saturated carbocycles. The molecular weight excluding hydrogens is 216 g/mol. The summed E-state index contributed by atoms with van der Waals surface area (Å²) in [5.74, 6) is 0.886. The van der Waals surface area contributed by atoms with Gasteiger partial charge >= 0.3 is 0 Å². The van der Waals surface area contributed by atoms with E-state index in [-0.39, 0.29) is 0 Å². The third kappa shape index (κ3) is 1.97. The van der Waals surface area contributed by atoms with Gasteiger partial charge in [-0.2, -0.15) is 0 Å². The van der Waals surface area contributed by atoms with Crippen molar-refractivity contribution >= 4 is 21.6 Å². The van der Waals surface area contributed by atoms with Gasteiger partial charge in [-0.1, -0.05) is 12.1 Å². The van der Waals surface area contributed by atoms with Crippen LogP contribution >= 0.6 is 11.3 Å². The molecule has 1 aromatic heterocycles. The molecule has 1 aliphatic carbocycles. The SMILES string of the molecule is CNC(Cc1nc2ccccc2s1)C1CC1. The predicted molar refractivity (Wildman–Crippen MR) is 68.9 cm³/mol. The van der Waals surface area contributed by atoms with E-state index in [4.69, 9.17) is 0 Å². The van der Waals surface area contributed by atoms with Crippen molar-refractivity contribution in [2.24, 2.45) is 5.92 Å². The molecule has 0 saturated heterocycles. The highest BCUT2D eigenvalue weighted by Gasteiger charge is 2.30. The van der Waals surface area contributed by atoms with Crippen molar-refractivity contribution in [1.29, 1.82) is 0 Å². The molecule has 0 amide bonds. The average Bonchev–Trinajstić information content (AvgIpc) is 3.06. The number of rotatable bonds is 4. The Kier molecular flexibility index (Phi) is 2.65. The van der Waals surface area contributed by atoms with E-state index in [1.165, 1.54) is 22.5 Å². The van der Waals surface area contributed by atoms with Crippen molar-refractivity contribution in [3.05, 3.63) is 29.3 Å².